The van der Waals surface area contributed by atoms with Crippen LogP contribution in [0.4, 0.5) is 0 Å². The molecule has 4 nitrogen and oxygen atoms in total. The van der Waals surface area contributed by atoms with Crippen LogP contribution in [0.25, 0.3) is 0 Å². The molecule has 4 heteroatoms. The van der Waals surface area contributed by atoms with Crippen molar-refractivity contribution in [3.8, 4) is 0 Å². The van der Waals surface area contributed by atoms with Crippen LogP contribution in [-0.4, -0.2) is 22.2 Å². The van der Waals surface area contributed by atoms with Gasteiger partial charge in [0.15, 0.2) is 0 Å². The van der Waals surface area contributed by atoms with E-state index in [9.17, 15) is 19.8 Å². The molecule has 3 aliphatic carbocycles. The average molecular weight is 455 g/mol. The van der Waals surface area contributed by atoms with Crippen molar-refractivity contribution in [1.82, 2.24) is 0 Å². The summed E-state index contributed by atoms with van der Waals surface area (Å²) in [5, 5.41) is 20.0. The standard InChI is InChI=1S/C30H30O4/c1-3-5-9-17-15-24-26-19-11-7-8-12-20(19)27(21-14-13-18(29(31)32)16-23(21)26)28(24)22(10-6-4-2)25(17)30(33)34/h7-8,11-16,26-27H,3-6,9-10H2,1-2H3,(H,31,32)(H,33,34). The molecule has 6 rings (SSSR count). The van der Waals surface area contributed by atoms with E-state index < -0.39 is 11.9 Å². The summed E-state index contributed by atoms with van der Waals surface area (Å²) in [5.41, 5.74) is 9.58. The highest BCUT2D eigenvalue weighted by molar-refractivity contribution is 5.93. The van der Waals surface area contributed by atoms with Crippen LogP contribution in [0, 0.1) is 0 Å². The third kappa shape index (κ3) is 3.35. The molecule has 0 amide bonds. The fourth-order valence-corrected chi connectivity index (χ4v) is 6.10. The van der Waals surface area contributed by atoms with Crippen molar-refractivity contribution in [1.29, 1.82) is 0 Å². The lowest BCUT2D eigenvalue weighted by Gasteiger charge is -2.44. The summed E-state index contributed by atoms with van der Waals surface area (Å²) < 4.78 is 0. The van der Waals surface area contributed by atoms with Gasteiger partial charge in [-0.1, -0.05) is 63.1 Å². The van der Waals surface area contributed by atoms with Gasteiger partial charge in [-0.15, -0.1) is 0 Å². The lowest BCUT2D eigenvalue weighted by Crippen LogP contribution is -2.30. The fraction of sp³-hybridized carbons (Fsp3) is 0.333. The Kier molecular flexibility index (Phi) is 5.76. The van der Waals surface area contributed by atoms with Gasteiger partial charge in [-0.2, -0.15) is 0 Å². The zero-order valence-corrected chi connectivity index (χ0v) is 19.7. The predicted molar refractivity (Wildman–Crippen MR) is 132 cm³/mol. The van der Waals surface area contributed by atoms with Gasteiger partial charge in [0, 0.05) is 11.8 Å². The average Bonchev–Trinajstić information content (AvgIpc) is 2.84. The minimum Gasteiger partial charge on any atom is -0.478 e. The molecular weight excluding hydrogens is 424 g/mol. The molecule has 34 heavy (non-hydrogen) atoms. The number of benzene rings is 3. The summed E-state index contributed by atoms with van der Waals surface area (Å²) in [6.45, 7) is 4.26. The normalized spacial score (nSPS) is 17.1. The molecule has 0 saturated carbocycles. The first-order valence-corrected chi connectivity index (χ1v) is 12.4. The summed E-state index contributed by atoms with van der Waals surface area (Å²) in [5.74, 6) is -1.91. The lowest BCUT2D eigenvalue weighted by molar-refractivity contribution is 0.0684. The first-order chi connectivity index (χ1) is 16.5. The number of unbranched alkanes of at least 4 members (excludes halogenated alkanes) is 2. The maximum absolute atomic E-state index is 12.6. The molecular formula is C30H30O4. The first-order valence-electron chi connectivity index (χ1n) is 12.4. The number of aromatic carboxylic acids is 2. The van der Waals surface area contributed by atoms with E-state index in [-0.39, 0.29) is 11.8 Å². The monoisotopic (exact) mass is 454 g/mol. The van der Waals surface area contributed by atoms with Crippen LogP contribution in [0.3, 0.4) is 0 Å². The molecule has 2 unspecified atom stereocenters. The summed E-state index contributed by atoms with van der Waals surface area (Å²) in [7, 11) is 0. The van der Waals surface area contributed by atoms with Crippen molar-refractivity contribution in [3.63, 3.8) is 0 Å². The van der Waals surface area contributed by atoms with E-state index in [1.165, 1.54) is 16.7 Å². The third-order valence-corrected chi connectivity index (χ3v) is 7.56. The molecule has 3 aromatic rings. The number of hydrogen-bond donors (Lipinski definition) is 2. The summed E-state index contributed by atoms with van der Waals surface area (Å²) >= 11 is 0. The molecule has 0 aliphatic heterocycles. The second-order valence-corrected chi connectivity index (χ2v) is 9.55. The second-order valence-electron chi connectivity index (χ2n) is 9.55. The smallest absolute Gasteiger partial charge is 0.336 e. The van der Waals surface area contributed by atoms with Crippen LogP contribution in [-0.2, 0) is 12.8 Å². The zero-order chi connectivity index (χ0) is 24.0. The fourth-order valence-electron chi connectivity index (χ4n) is 6.10. The Labute approximate surface area is 200 Å². The van der Waals surface area contributed by atoms with Crippen molar-refractivity contribution in [2.24, 2.45) is 0 Å². The van der Waals surface area contributed by atoms with Crippen molar-refractivity contribution >= 4 is 11.9 Å². The van der Waals surface area contributed by atoms with Gasteiger partial charge >= 0.3 is 11.9 Å². The Morgan fingerprint density at radius 1 is 0.735 bits per heavy atom. The molecule has 0 spiro atoms. The third-order valence-electron chi connectivity index (χ3n) is 7.56. The van der Waals surface area contributed by atoms with Gasteiger partial charge in [0.2, 0.25) is 0 Å². The largest absolute Gasteiger partial charge is 0.478 e. The number of hydrogen-bond acceptors (Lipinski definition) is 2. The number of carboxylic acid groups (broad SMARTS) is 2. The highest BCUT2D eigenvalue weighted by atomic mass is 16.4. The Bertz CT molecular complexity index is 1300. The Morgan fingerprint density at radius 2 is 1.38 bits per heavy atom. The van der Waals surface area contributed by atoms with E-state index in [0.29, 0.717) is 11.1 Å². The van der Waals surface area contributed by atoms with Crippen LogP contribution in [0.5, 0.6) is 0 Å². The van der Waals surface area contributed by atoms with Crippen LogP contribution >= 0.6 is 0 Å². The van der Waals surface area contributed by atoms with Crippen molar-refractivity contribution in [2.45, 2.75) is 64.2 Å². The molecule has 174 valence electrons. The van der Waals surface area contributed by atoms with E-state index in [4.69, 9.17) is 0 Å². The summed E-state index contributed by atoms with van der Waals surface area (Å²) in [6.07, 6.45) is 5.36. The number of rotatable bonds is 8. The van der Waals surface area contributed by atoms with Crippen LogP contribution in [0.1, 0.15) is 117 Å². The van der Waals surface area contributed by atoms with Gasteiger partial charge in [0.25, 0.3) is 0 Å². The Hall–Kier alpha value is -3.40. The van der Waals surface area contributed by atoms with Gasteiger partial charge < -0.3 is 10.2 Å². The van der Waals surface area contributed by atoms with E-state index in [0.717, 1.165) is 66.3 Å². The highest BCUT2D eigenvalue weighted by Crippen LogP contribution is 2.57. The van der Waals surface area contributed by atoms with Gasteiger partial charge in [0.05, 0.1) is 11.1 Å². The van der Waals surface area contributed by atoms with Crippen molar-refractivity contribution in [2.75, 3.05) is 0 Å². The van der Waals surface area contributed by atoms with E-state index in [2.05, 4.69) is 32.0 Å². The van der Waals surface area contributed by atoms with Crippen LogP contribution in [0.2, 0.25) is 0 Å². The minimum absolute atomic E-state index is 0.0702. The van der Waals surface area contributed by atoms with E-state index in [1.54, 1.807) is 6.07 Å². The van der Waals surface area contributed by atoms with Gasteiger partial charge in [-0.3, -0.25) is 0 Å². The minimum atomic E-state index is -0.925. The molecule has 0 aromatic heterocycles. The van der Waals surface area contributed by atoms with Crippen LogP contribution < -0.4 is 0 Å². The van der Waals surface area contributed by atoms with Crippen LogP contribution in [0.15, 0.2) is 48.5 Å². The molecule has 2 bridgehead atoms. The quantitative estimate of drug-likeness (QED) is 0.272. The Morgan fingerprint density at radius 3 is 2.03 bits per heavy atom. The van der Waals surface area contributed by atoms with E-state index >= 15 is 0 Å². The summed E-state index contributed by atoms with van der Waals surface area (Å²) in [4.78, 5) is 24.4. The topological polar surface area (TPSA) is 74.6 Å². The van der Waals surface area contributed by atoms with Gasteiger partial charge in [-0.05, 0) is 82.3 Å². The zero-order valence-electron chi connectivity index (χ0n) is 19.7. The molecule has 2 atom stereocenters. The number of aryl methyl sites for hydroxylation is 1. The van der Waals surface area contributed by atoms with Gasteiger partial charge in [0.1, 0.15) is 0 Å². The molecule has 0 radical (unpaired) electrons. The summed E-state index contributed by atoms with van der Waals surface area (Å²) in [6, 6.07) is 16.0. The second kappa shape index (κ2) is 8.75. The maximum Gasteiger partial charge on any atom is 0.336 e. The lowest BCUT2D eigenvalue weighted by atomic mass is 9.59. The molecule has 2 N–H and O–H groups in total. The van der Waals surface area contributed by atoms with Crippen molar-refractivity contribution in [3.05, 3.63) is 104 Å². The first kappa shape index (κ1) is 22.4. The molecule has 3 aliphatic rings. The van der Waals surface area contributed by atoms with Crippen molar-refractivity contribution < 1.29 is 19.8 Å². The molecule has 0 fully saturated rings. The highest BCUT2D eigenvalue weighted by Gasteiger charge is 2.44. The molecule has 3 aromatic carbocycles. The van der Waals surface area contributed by atoms with Gasteiger partial charge in [-0.25, -0.2) is 9.59 Å². The Balaban J connectivity index is 1.84. The molecule has 0 saturated heterocycles. The molecule has 0 heterocycles. The number of carbonyl (C=O) groups is 2. The SMILES string of the molecule is CCCCc1cc2c(c(CCCC)c1C(=O)O)C1c3ccccc3C2c2cc(C(=O)O)ccc21. The maximum atomic E-state index is 12.6. The van der Waals surface area contributed by atoms with E-state index in [1.807, 2.05) is 24.3 Å². The number of carboxylic acids is 2. The predicted octanol–water partition coefficient (Wildman–Crippen LogP) is 6.76.